The number of anilines is 1. The molecule has 0 spiro atoms. The van der Waals surface area contributed by atoms with Crippen LogP contribution in [0.15, 0.2) is 29.2 Å². The largest absolute Gasteiger partial charge is 0.383 e. The highest BCUT2D eigenvalue weighted by Gasteiger charge is 2.15. The second-order valence-electron chi connectivity index (χ2n) is 4.11. The molecule has 1 aromatic carbocycles. The van der Waals surface area contributed by atoms with E-state index in [1.54, 1.807) is 7.11 Å². The molecule has 0 fully saturated rings. The van der Waals surface area contributed by atoms with Crippen LogP contribution < -0.4 is 10.0 Å². The molecule has 6 nitrogen and oxygen atoms in total. The Labute approximate surface area is 127 Å². The van der Waals surface area contributed by atoms with E-state index in [1.807, 2.05) is 0 Å². The molecule has 0 bridgehead atoms. The van der Waals surface area contributed by atoms with Gasteiger partial charge in [-0.15, -0.1) is 0 Å². The minimum absolute atomic E-state index is 0.0964. The lowest BCUT2D eigenvalue weighted by Crippen LogP contribution is -2.31. The summed E-state index contributed by atoms with van der Waals surface area (Å²) in [6, 6.07) is 5.95. The highest BCUT2D eigenvalue weighted by Crippen LogP contribution is 2.14. The van der Waals surface area contributed by atoms with Crippen molar-refractivity contribution in [2.75, 3.05) is 25.6 Å². The van der Waals surface area contributed by atoms with Crippen LogP contribution in [-0.4, -0.2) is 39.4 Å². The molecule has 0 aliphatic rings. The Hall–Kier alpha value is -0.960. The Balaban J connectivity index is 2.70. The predicted molar refractivity (Wildman–Crippen MR) is 80.5 cm³/mol. The average Bonchev–Trinajstić information content (AvgIpc) is 2.37. The first-order chi connectivity index (χ1) is 9.35. The van der Waals surface area contributed by atoms with E-state index in [9.17, 15) is 13.2 Å². The summed E-state index contributed by atoms with van der Waals surface area (Å²) in [6.07, 6.45) is 0. The molecular formula is C12H17BrN2O4S. The van der Waals surface area contributed by atoms with E-state index < -0.39 is 10.0 Å². The summed E-state index contributed by atoms with van der Waals surface area (Å²) in [4.78, 5) is 10.9. The number of nitrogens with one attached hydrogen (secondary N) is 2. The van der Waals surface area contributed by atoms with E-state index in [0.717, 1.165) is 0 Å². The van der Waals surface area contributed by atoms with Crippen molar-refractivity contribution in [1.29, 1.82) is 0 Å². The zero-order chi connectivity index (χ0) is 15.2. The van der Waals surface area contributed by atoms with Crippen LogP contribution in [0.5, 0.6) is 0 Å². The van der Waals surface area contributed by atoms with Crippen molar-refractivity contribution in [3.05, 3.63) is 24.3 Å². The number of carbonyl (C=O) groups excluding carboxylic acids is 1. The number of carbonyl (C=O) groups is 1. The molecule has 1 aromatic rings. The van der Waals surface area contributed by atoms with Crippen LogP contribution >= 0.6 is 15.9 Å². The number of benzene rings is 1. The van der Waals surface area contributed by atoms with Crippen LogP contribution in [0, 0.1) is 0 Å². The normalized spacial score (nSPS) is 12.9. The fourth-order valence-electron chi connectivity index (χ4n) is 1.44. The zero-order valence-corrected chi connectivity index (χ0v) is 13.6. The van der Waals surface area contributed by atoms with Gasteiger partial charge in [-0.3, -0.25) is 4.79 Å². The molecule has 0 saturated carbocycles. The summed E-state index contributed by atoms with van der Waals surface area (Å²) in [5.41, 5.74) is 0.550. The van der Waals surface area contributed by atoms with Crippen LogP contribution in [0.25, 0.3) is 0 Å². The number of hydrogen-bond acceptors (Lipinski definition) is 4. The molecule has 0 aliphatic heterocycles. The fourth-order valence-corrected chi connectivity index (χ4v) is 3.17. The molecular weight excluding hydrogens is 348 g/mol. The Morgan fingerprint density at radius 2 is 1.95 bits per heavy atom. The van der Waals surface area contributed by atoms with E-state index in [0.29, 0.717) is 12.3 Å². The third-order valence-corrected chi connectivity index (χ3v) is 4.35. The minimum atomic E-state index is -3.57. The smallest absolute Gasteiger partial charge is 0.240 e. The van der Waals surface area contributed by atoms with E-state index >= 15 is 0 Å². The summed E-state index contributed by atoms with van der Waals surface area (Å²) < 4.78 is 31.4. The number of ether oxygens (including phenoxy) is 1. The summed E-state index contributed by atoms with van der Waals surface area (Å²) in [6.45, 7) is 2.02. The first-order valence-corrected chi connectivity index (χ1v) is 8.25. The Morgan fingerprint density at radius 1 is 1.35 bits per heavy atom. The van der Waals surface area contributed by atoms with E-state index in [4.69, 9.17) is 4.74 Å². The monoisotopic (exact) mass is 364 g/mol. The number of amides is 1. The van der Waals surface area contributed by atoms with Crippen LogP contribution in [0.2, 0.25) is 0 Å². The molecule has 0 radical (unpaired) electrons. The first kappa shape index (κ1) is 17.1. The Morgan fingerprint density at radius 3 is 2.45 bits per heavy atom. The van der Waals surface area contributed by atoms with Crippen molar-refractivity contribution in [1.82, 2.24) is 4.72 Å². The first-order valence-electron chi connectivity index (χ1n) is 5.85. The molecule has 1 atom stereocenters. The molecule has 8 heteroatoms. The molecule has 1 unspecified atom stereocenters. The lowest BCUT2D eigenvalue weighted by Gasteiger charge is -2.11. The van der Waals surface area contributed by atoms with Gasteiger partial charge in [0.05, 0.1) is 16.3 Å². The summed E-state index contributed by atoms with van der Waals surface area (Å²) >= 11 is 3.30. The SMILES string of the molecule is COCC(Br)CNS(=O)(=O)c1ccc(NC(C)=O)cc1. The van der Waals surface area contributed by atoms with Crippen molar-refractivity contribution in [3.63, 3.8) is 0 Å². The fraction of sp³-hybridized carbons (Fsp3) is 0.417. The second kappa shape index (κ2) is 7.72. The Kier molecular flexibility index (Phi) is 6.60. The number of alkyl halides is 1. The van der Waals surface area contributed by atoms with Crippen molar-refractivity contribution >= 4 is 37.5 Å². The quantitative estimate of drug-likeness (QED) is 0.714. The van der Waals surface area contributed by atoms with Gasteiger partial charge in [-0.25, -0.2) is 13.1 Å². The van der Waals surface area contributed by atoms with Gasteiger partial charge in [-0.05, 0) is 24.3 Å². The van der Waals surface area contributed by atoms with Gasteiger partial charge >= 0.3 is 0 Å². The van der Waals surface area contributed by atoms with Gasteiger partial charge in [0.2, 0.25) is 15.9 Å². The lowest BCUT2D eigenvalue weighted by atomic mass is 10.3. The molecule has 112 valence electrons. The molecule has 20 heavy (non-hydrogen) atoms. The molecule has 0 saturated heterocycles. The Bertz CT molecular complexity index is 545. The van der Waals surface area contributed by atoms with E-state index in [1.165, 1.54) is 31.2 Å². The van der Waals surface area contributed by atoms with Gasteiger partial charge in [-0.1, -0.05) is 15.9 Å². The van der Waals surface area contributed by atoms with Gasteiger partial charge in [0, 0.05) is 26.3 Å². The van der Waals surface area contributed by atoms with Gasteiger partial charge in [0.25, 0.3) is 0 Å². The van der Waals surface area contributed by atoms with E-state index in [-0.39, 0.29) is 22.2 Å². The van der Waals surface area contributed by atoms with Crippen molar-refractivity contribution in [2.45, 2.75) is 16.6 Å². The van der Waals surface area contributed by atoms with Gasteiger partial charge in [0.15, 0.2) is 0 Å². The molecule has 0 heterocycles. The van der Waals surface area contributed by atoms with Crippen molar-refractivity contribution in [2.24, 2.45) is 0 Å². The topological polar surface area (TPSA) is 84.5 Å². The average molecular weight is 365 g/mol. The standard InChI is InChI=1S/C12H17BrN2O4S/c1-9(16)15-11-3-5-12(6-4-11)20(17,18)14-7-10(13)8-19-2/h3-6,10,14H,7-8H2,1-2H3,(H,15,16). The summed E-state index contributed by atoms with van der Waals surface area (Å²) in [5.74, 6) is -0.208. The number of rotatable bonds is 7. The molecule has 2 N–H and O–H groups in total. The van der Waals surface area contributed by atoms with Crippen LogP contribution in [0.4, 0.5) is 5.69 Å². The second-order valence-corrected chi connectivity index (χ2v) is 7.17. The number of sulfonamides is 1. The number of methoxy groups -OCH3 is 1. The van der Waals surface area contributed by atoms with E-state index in [2.05, 4.69) is 26.0 Å². The third kappa shape index (κ3) is 5.58. The van der Waals surface area contributed by atoms with Gasteiger partial charge < -0.3 is 10.1 Å². The number of halogens is 1. The van der Waals surface area contributed by atoms with Crippen molar-refractivity contribution < 1.29 is 17.9 Å². The molecule has 0 aliphatic carbocycles. The highest BCUT2D eigenvalue weighted by molar-refractivity contribution is 9.09. The van der Waals surface area contributed by atoms with Crippen LogP contribution in [0.1, 0.15) is 6.92 Å². The number of hydrogen-bond donors (Lipinski definition) is 2. The summed E-state index contributed by atoms with van der Waals surface area (Å²) in [7, 11) is -2.02. The van der Waals surface area contributed by atoms with Gasteiger partial charge in [-0.2, -0.15) is 0 Å². The molecule has 1 rings (SSSR count). The van der Waals surface area contributed by atoms with Gasteiger partial charge in [0.1, 0.15) is 0 Å². The third-order valence-electron chi connectivity index (χ3n) is 2.33. The van der Waals surface area contributed by atoms with Crippen LogP contribution in [0.3, 0.4) is 0 Å². The van der Waals surface area contributed by atoms with Crippen molar-refractivity contribution in [3.8, 4) is 0 Å². The summed E-state index contributed by atoms with van der Waals surface area (Å²) in [5, 5.41) is 2.57. The maximum atomic E-state index is 12.0. The maximum Gasteiger partial charge on any atom is 0.240 e. The minimum Gasteiger partial charge on any atom is -0.383 e. The molecule has 1 amide bonds. The lowest BCUT2D eigenvalue weighted by molar-refractivity contribution is -0.114. The zero-order valence-electron chi connectivity index (χ0n) is 11.2. The highest BCUT2D eigenvalue weighted by atomic mass is 79.9. The molecule has 0 aromatic heterocycles. The maximum absolute atomic E-state index is 12.0. The van der Waals surface area contributed by atoms with Crippen LogP contribution in [-0.2, 0) is 19.6 Å². The predicted octanol–water partition coefficient (Wildman–Crippen LogP) is 1.33.